The number of thiophene rings is 1. The summed E-state index contributed by atoms with van der Waals surface area (Å²) >= 11 is 7.57. The van der Waals surface area contributed by atoms with Gasteiger partial charge in [0, 0.05) is 18.2 Å². The van der Waals surface area contributed by atoms with Crippen LogP contribution in [0.25, 0.3) is 0 Å². The molecule has 0 spiro atoms. The fourth-order valence-electron chi connectivity index (χ4n) is 2.45. The molecule has 1 aromatic heterocycles. The summed E-state index contributed by atoms with van der Waals surface area (Å²) in [4.78, 5) is 12.6. The highest BCUT2D eigenvalue weighted by Crippen LogP contribution is 2.29. The van der Waals surface area contributed by atoms with E-state index in [1.807, 2.05) is 0 Å². The lowest BCUT2D eigenvalue weighted by atomic mass is 10.1. The third-order valence-electron chi connectivity index (χ3n) is 4.01. The number of sulfonamides is 1. The number of thioether (sulfide) groups is 1. The van der Waals surface area contributed by atoms with Gasteiger partial charge in [-0.05, 0) is 61.3 Å². The molecule has 2 rings (SSSR count). The van der Waals surface area contributed by atoms with E-state index >= 15 is 0 Å². The van der Waals surface area contributed by atoms with Crippen molar-refractivity contribution in [2.45, 2.75) is 36.1 Å². The Balaban J connectivity index is 2.04. The Morgan fingerprint density at radius 2 is 1.94 bits per heavy atom. The largest absolute Gasteiger partial charge is 0.479 e. The molecule has 1 atom stereocenters. The molecule has 0 aliphatic rings. The van der Waals surface area contributed by atoms with Crippen molar-refractivity contribution in [3.63, 3.8) is 0 Å². The van der Waals surface area contributed by atoms with Gasteiger partial charge in [-0.25, -0.2) is 13.1 Å². The van der Waals surface area contributed by atoms with Crippen LogP contribution in [-0.2, 0) is 20.9 Å². The minimum Gasteiger partial charge on any atom is -0.479 e. The van der Waals surface area contributed by atoms with Gasteiger partial charge in [-0.2, -0.15) is 13.2 Å². The Hall–Kier alpha value is -1.47. The summed E-state index contributed by atoms with van der Waals surface area (Å²) in [6.45, 7) is 2.04. The van der Waals surface area contributed by atoms with Gasteiger partial charge in [-0.15, -0.1) is 11.3 Å². The number of hydrogen-bond donors (Lipinski definition) is 1. The van der Waals surface area contributed by atoms with Gasteiger partial charge < -0.3 is 4.74 Å². The minimum absolute atomic E-state index is 0.0616. The van der Waals surface area contributed by atoms with E-state index in [0.29, 0.717) is 30.0 Å². The molecule has 1 aromatic carbocycles. The van der Waals surface area contributed by atoms with E-state index in [0.717, 1.165) is 23.9 Å². The summed E-state index contributed by atoms with van der Waals surface area (Å²) in [7, 11) is -4.05. The molecule has 1 unspecified atom stereocenters. The molecule has 2 aromatic rings. The Labute approximate surface area is 192 Å². The molecule has 0 saturated carbocycles. The van der Waals surface area contributed by atoms with E-state index < -0.39 is 27.0 Å². The number of ether oxygens (including phenoxy) is 1. The molecule has 0 aliphatic carbocycles. The molecule has 1 N–H and O–H groups in total. The smallest absolute Gasteiger partial charge is 0.416 e. The fourth-order valence-corrected chi connectivity index (χ4v) is 5.72. The molecule has 170 valence electrons. The molecule has 1 heterocycles. The van der Waals surface area contributed by atoms with Crippen molar-refractivity contribution in [2.75, 3.05) is 13.2 Å². The van der Waals surface area contributed by atoms with E-state index in [1.54, 1.807) is 24.4 Å². The van der Waals surface area contributed by atoms with Crippen LogP contribution in [0.5, 0.6) is 0 Å². The van der Waals surface area contributed by atoms with Crippen LogP contribution in [0.3, 0.4) is 0 Å². The lowest BCUT2D eigenvalue weighted by Crippen LogP contribution is -2.32. The van der Waals surface area contributed by atoms with E-state index in [4.69, 9.17) is 17.0 Å². The predicted octanol–water partition coefficient (Wildman–Crippen LogP) is 5.13. The number of ketones is 1. The Kier molecular flexibility index (Phi) is 9.49. The number of thiocarbonyl (C=S) groups is 1. The number of carbonyl (C=O) groups is 1. The fraction of sp³-hybridized carbons (Fsp3) is 0.368. The topological polar surface area (TPSA) is 72.5 Å². The summed E-state index contributed by atoms with van der Waals surface area (Å²) in [5.74, 6) is -0.0616. The van der Waals surface area contributed by atoms with Gasteiger partial charge in [0.25, 0.3) is 0 Å². The standard InChI is InChI=1S/C19H20F3NO4S4/c1-2-27-18(28)30-14(7-10-16(24)17-4-3-11-29-17)12-23-31(25,26)15-8-5-13(6-9-15)19(20,21)22/h3-6,8-9,11,14,23H,2,7,10,12H2,1H3. The zero-order valence-corrected chi connectivity index (χ0v) is 19.6. The number of rotatable bonds is 10. The molecule has 0 bridgehead atoms. The summed E-state index contributed by atoms with van der Waals surface area (Å²) in [6.07, 6.45) is -4.03. The number of hydrogen-bond acceptors (Lipinski definition) is 7. The zero-order chi connectivity index (χ0) is 23.1. The highest BCUT2D eigenvalue weighted by atomic mass is 32.2. The first-order chi connectivity index (χ1) is 14.5. The molecule has 0 radical (unpaired) electrons. The van der Waals surface area contributed by atoms with E-state index in [9.17, 15) is 26.4 Å². The first-order valence-electron chi connectivity index (χ1n) is 9.10. The Morgan fingerprint density at radius 1 is 1.26 bits per heavy atom. The minimum atomic E-state index is -4.55. The third kappa shape index (κ3) is 8.19. The predicted molar refractivity (Wildman–Crippen MR) is 120 cm³/mol. The quantitative estimate of drug-likeness (QED) is 0.352. The van der Waals surface area contributed by atoms with Crippen molar-refractivity contribution in [1.82, 2.24) is 4.72 Å². The first kappa shape index (κ1) is 25.8. The molecule has 12 heteroatoms. The number of halogens is 3. The first-order valence-corrected chi connectivity index (χ1v) is 12.7. The van der Waals surface area contributed by atoms with Gasteiger partial charge in [0.15, 0.2) is 5.78 Å². The highest BCUT2D eigenvalue weighted by molar-refractivity contribution is 8.23. The van der Waals surface area contributed by atoms with E-state index in [2.05, 4.69) is 4.72 Å². The van der Waals surface area contributed by atoms with Crippen LogP contribution in [0, 0.1) is 0 Å². The van der Waals surface area contributed by atoms with Gasteiger partial charge in [-0.1, -0.05) is 17.8 Å². The number of alkyl halides is 3. The van der Waals surface area contributed by atoms with Crippen molar-refractivity contribution >= 4 is 55.5 Å². The summed E-state index contributed by atoms with van der Waals surface area (Å²) < 4.78 is 70.9. The third-order valence-corrected chi connectivity index (χ3v) is 7.81. The van der Waals surface area contributed by atoms with Crippen LogP contribution in [-0.4, -0.2) is 37.0 Å². The molecular weight excluding hydrogens is 491 g/mol. The lowest BCUT2D eigenvalue weighted by molar-refractivity contribution is -0.137. The van der Waals surface area contributed by atoms with Crippen LogP contribution in [0.1, 0.15) is 35.0 Å². The monoisotopic (exact) mass is 511 g/mol. The number of benzene rings is 1. The molecule has 0 amide bonds. The van der Waals surface area contributed by atoms with Crippen LogP contribution in [0.4, 0.5) is 13.2 Å². The van der Waals surface area contributed by atoms with Gasteiger partial charge in [0.1, 0.15) is 0 Å². The molecule has 0 fully saturated rings. The Morgan fingerprint density at radius 3 is 2.48 bits per heavy atom. The summed E-state index contributed by atoms with van der Waals surface area (Å²) in [6, 6.07) is 6.71. The molecule has 31 heavy (non-hydrogen) atoms. The molecule has 0 saturated heterocycles. The van der Waals surface area contributed by atoms with Gasteiger partial charge in [0.2, 0.25) is 14.4 Å². The second-order valence-electron chi connectivity index (χ2n) is 6.24. The maximum atomic E-state index is 12.7. The zero-order valence-electron chi connectivity index (χ0n) is 16.3. The maximum Gasteiger partial charge on any atom is 0.416 e. The van der Waals surface area contributed by atoms with Crippen LogP contribution < -0.4 is 4.72 Å². The molecular formula is C19H20F3NO4S4. The van der Waals surface area contributed by atoms with Crippen LogP contribution >= 0.6 is 35.3 Å². The maximum absolute atomic E-state index is 12.7. The summed E-state index contributed by atoms with van der Waals surface area (Å²) in [5, 5.41) is 1.40. The van der Waals surface area contributed by atoms with E-state index in [1.165, 1.54) is 11.3 Å². The van der Waals surface area contributed by atoms with Crippen LogP contribution in [0.2, 0.25) is 0 Å². The van der Waals surface area contributed by atoms with Crippen molar-refractivity contribution in [3.8, 4) is 0 Å². The highest BCUT2D eigenvalue weighted by Gasteiger charge is 2.30. The second-order valence-corrected chi connectivity index (χ2v) is 10.9. The average Bonchev–Trinajstić information content (AvgIpc) is 3.24. The lowest BCUT2D eigenvalue weighted by Gasteiger charge is -2.17. The van der Waals surface area contributed by atoms with E-state index in [-0.39, 0.29) is 28.0 Å². The van der Waals surface area contributed by atoms with Gasteiger partial charge >= 0.3 is 6.18 Å². The van der Waals surface area contributed by atoms with Gasteiger partial charge in [-0.3, -0.25) is 4.79 Å². The van der Waals surface area contributed by atoms with Gasteiger partial charge in [0.05, 0.1) is 21.9 Å². The van der Waals surface area contributed by atoms with Crippen molar-refractivity contribution < 1.29 is 31.1 Å². The van der Waals surface area contributed by atoms with Crippen LogP contribution in [0.15, 0.2) is 46.7 Å². The SMILES string of the molecule is CCOC(=S)SC(CCC(=O)c1cccs1)CNS(=O)(=O)c1ccc(C(F)(F)F)cc1. The van der Waals surface area contributed by atoms with Crippen molar-refractivity contribution in [3.05, 3.63) is 52.2 Å². The number of Topliss-reactive ketones (excluding diaryl/α,β-unsaturated/α-hetero) is 1. The normalized spacial score (nSPS) is 13.0. The molecule has 0 aliphatic heterocycles. The van der Waals surface area contributed by atoms with Crippen molar-refractivity contribution in [2.24, 2.45) is 0 Å². The number of carbonyl (C=O) groups excluding carboxylic acids is 1. The van der Waals surface area contributed by atoms with Crippen molar-refractivity contribution in [1.29, 1.82) is 0 Å². The molecule has 5 nitrogen and oxygen atoms in total. The average molecular weight is 512 g/mol. The number of nitrogens with one attached hydrogen (secondary N) is 1. The Bertz CT molecular complexity index is 975. The summed E-state index contributed by atoms with van der Waals surface area (Å²) in [5.41, 5.74) is -0.936. The second kappa shape index (κ2) is 11.4.